The number of methoxy groups -OCH3 is 1. The van der Waals surface area contributed by atoms with Gasteiger partial charge in [-0.15, -0.1) is 0 Å². The van der Waals surface area contributed by atoms with Gasteiger partial charge in [0.05, 0.1) is 19.8 Å². The monoisotopic (exact) mass is 244 g/mol. The molecule has 1 atom stereocenters. The molecule has 0 spiro atoms. The van der Waals surface area contributed by atoms with Crippen LogP contribution in [0.5, 0.6) is 0 Å². The van der Waals surface area contributed by atoms with E-state index in [0.29, 0.717) is 19.3 Å². The Morgan fingerprint density at radius 3 is 2.82 bits per heavy atom. The normalized spacial score (nSPS) is 22.2. The second kappa shape index (κ2) is 8.86. The van der Waals surface area contributed by atoms with Crippen molar-refractivity contribution in [1.29, 1.82) is 0 Å². The number of hydrogen-bond acceptors (Lipinski definition) is 4. The molecule has 0 aromatic rings. The Kier molecular flexibility index (Phi) is 7.77. The average molecular weight is 244 g/mol. The molecule has 1 rings (SSSR count). The molecule has 0 amide bonds. The summed E-state index contributed by atoms with van der Waals surface area (Å²) in [6, 6.07) is 0.655. The van der Waals surface area contributed by atoms with Crippen LogP contribution >= 0.6 is 0 Å². The fourth-order valence-corrected chi connectivity index (χ4v) is 2.26. The van der Waals surface area contributed by atoms with Crippen molar-refractivity contribution in [1.82, 2.24) is 10.2 Å². The highest BCUT2D eigenvalue weighted by Gasteiger charge is 2.19. The minimum atomic E-state index is 0.655. The van der Waals surface area contributed by atoms with Gasteiger partial charge in [-0.05, 0) is 12.3 Å². The Morgan fingerprint density at radius 2 is 2.12 bits per heavy atom. The summed E-state index contributed by atoms with van der Waals surface area (Å²) in [4.78, 5) is 2.50. The van der Waals surface area contributed by atoms with Gasteiger partial charge in [0.25, 0.3) is 0 Å². The molecule has 0 aromatic heterocycles. The van der Waals surface area contributed by atoms with E-state index in [2.05, 4.69) is 24.1 Å². The lowest BCUT2D eigenvalue weighted by atomic mass is 10.0. The number of hydrogen-bond donors (Lipinski definition) is 1. The molecule has 1 N–H and O–H groups in total. The van der Waals surface area contributed by atoms with Crippen LogP contribution in [0.15, 0.2) is 0 Å². The molecular weight excluding hydrogens is 216 g/mol. The first-order valence-electron chi connectivity index (χ1n) is 6.74. The third kappa shape index (κ3) is 6.99. The van der Waals surface area contributed by atoms with Gasteiger partial charge < -0.3 is 14.8 Å². The molecule has 1 aliphatic heterocycles. The van der Waals surface area contributed by atoms with Gasteiger partial charge in [0, 0.05) is 39.3 Å². The summed E-state index contributed by atoms with van der Waals surface area (Å²) in [5.74, 6) is 0.769. The second-order valence-electron chi connectivity index (χ2n) is 5.19. The summed E-state index contributed by atoms with van der Waals surface area (Å²) in [7, 11) is 1.70. The summed E-state index contributed by atoms with van der Waals surface area (Å²) in [5, 5.41) is 3.59. The van der Waals surface area contributed by atoms with E-state index < -0.39 is 0 Å². The standard InChI is InChI=1S/C13H28N2O2/c1-12(2)10-13-11-15(5-4-14-13)6-7-17-9-8-16-3/h12-14H,4-11H2,1-3H3. The van der Waals surface area contributed by atoms with Gasteiger partial charge in [-0.3, -0.25) is 4.90 Å². The maximum Gasteiger partial charge on any atom is 0.0700 e. The smallest absolute Gasteiger partial charge is 0.0700 e. The van der Waals surface area contributed by atoms with Crippen LogP contribution in [0.1, 0.15) is 20.3 Å². The number of nitrogens with one attached hydrogen (secondary N) is 1. The van der Waals surface area contributed by atoms with Crippen molar-refractivity contribution in [3.05, 3.63) is 0 Å². The van der Waals surface area contributed by atoms with Crippen molar-refractivity contribution in [3.8, 4) is 0 Å². The lowest BCUT2D eigenvalue weighted by molar-refractivity contribution is 0.0516. The van der Waals surface area contributed by atoms with Crippen LogP contribution in [0.4, 0.5) is 0 Å². The zero-order chi connectivity index (χ0) is 12.5. The third-order valence-electron chi connectivity index (χ3n) is 3.08. The van der Waals surface area contributed by atoms with Crippen LogP contribution in [-0.4, -0.2) is 64.1 Å². The van der Waals surface area contributed by atoms with Gasteiger partial charge in [0.2, 0.25) is 0 Å². The van der Waals surface area contributed by atoms with Crippen molar-refractivity contribution >= 4 is 0 Å². The lowest BCUT2D eigenvalue weighted by Crippen LogP contribution is -2.51. The van der Waals surface area contributed by atoms with Gasteiger partial charge in [-0.1, -0.05) is 13.8 Å². The van der Waals surface area contributed by atoms with E-state index in [-0.39, 0.29) is 0 Å². The van der Waals surface area contributed by atoms with Crippen LogP contribution in [0.2, 0.25) is 0 Å². The molecule has 0 bridgehead atoms. The van der Waals surface area contributed by atoms with Crippen LogP contribution in [-0.2, 0) is 9.47 Å². The molecule has 1 fully saturated rings. The van der Waals surface area contributed by atoms with E-state index in [0.717, 1.165) is 38.7 Å². The van der Waals surface area contributed by atoms with E-state index in [1.807, 2.05) is 0 Å². The Morgan fingerprint density at radius 1 is 1.29 bits per heavy atom. The predicted molar refractivity (Wildman–Crippen MR) is 70.4 cm³/mol. The first-order valence-corrected chi connectivity index (χ1v) is 6.74. The van der Waals surface area contributed by atoms with Crippen LogP contribution < -0.4 is 5.32 Å². The van der Waals surface area contributed by atoms with Gasteiger partial charge in [-0.2, -0.15) is 0 Å². The Hall–Kier alpha value is -0.160. The maximum atomic E-state index is 5.51. The highest BCUT2D eigenvalue weighted by Crippen LogP contribution is 2.09. The summed E-state index contributed by atoms with van der Waals surface area (Å²) in [5.41, 5.74) is 0. The molecule has 4 nitrogen and oxygen atoms in total. The van der Waals surface area contributed by atoms with Crippen molar-refractivity contribution in [2.75, 3.05) is 53.1 Å². The van der Waals surface area contributed by atoms with E-state index in [1.165, 1.54) is 6.42 Å². The zero-order valence-corrected chi connectivity index (χ0v) is 11.6. The largest absolute Gasteiger partial charge is 0.382 e. The second-order valence-corrected chi connectivity index (χ2v) is 5.19. The summed E-state index contributed by atoms with van der Waals surface area (Å²) in [6.45, 7) is 11.2. The Balaban J connectivity index is 2.08. The van der Waals surface area contributed by atoms with Crippen molar-refractivity contribution in [3.63, 3.8) is 0 Å². The number of piperazine rings is 1. The topological polar surface area (TPSA) is 33.7 Å². The third-order valence-corrected chi connectivity index (χ3v) is 3.08. The number of ether oxygens (including phenoxy) is 2. The molecular formula is C13H28N2O2. The van der Waals surface area contributed by atoms with Crippen molar-refractivity contribution < 1.29 is 9.47 Å². The quantitative estimate of drug-likeness (QED) is 0.645. The minimum absolute atomic E-state index is 0.655. The van der Waals surface area contributed by atoms with Gasteiger partial charge in [-0.25, -0.2) is 0 Å². The zero-order valence-electron chi connectivity index (χ0n) is 11.6. The Labute approximate surface area is 106 Å². The fourth-order valence-electron chi connectivity index (χ4n) is 2.26. The molecule has 0 radical (unpaired) electrons. The molecule has 17 heavy (non-hydrogen) atoms. The Bertz CT molecular complexity index is 188. The van der Waals surface area contributed by atoms with E-state index >= 15 is 0 Å². The van der Waals surface area contributed by atoms with Gasteiger partial charge in [0.1, 0.15) is 0 Å². The first-order chi connectivity index (χ1) is 8.22. The maximum absolute atomic E-state index is 5.51. The van der Waals surface area contributed by atoms with Gasteiger partial charge in [0.15, 0.2) is 0 Å². The predicted octanol–water partition coefficient (Wildman–Crippen LogP) is 0.969. The van der Waals surface area contributed by atoms with E-state index in [1.54, 1.807) is 7.11 Å². The molecule has 102 valence electrons. The minimum Gasteiger partial charge on any atom is -0.382 e. The molecule has 1 unspecified atom stereocenters. The average Bonchev–Trinajstić information content (AvgIpc) is 2.28. The highest BCUT2D eigenvalue weighted by atomic mass is 16.5. The van der Waals surface area contributed by atoms with Crippen molar-refractivity contribution in [2.24, 2.45) is 5.92 Å². The number of nitrogens with zero attached hydrogens (tertiary/aromatic N) is 1. The molecule has 0 saturated carbocycles. The number of rotatable bonds is 8. The summed E-state index contributed by atoms with van der Waals surface area (Å²) >= 11 is 0. The molecule has 1 heterocycles. The van der Waals surface area contributed by atoms with Crippen LogP contribution in [0.3, 0.4) is 0 Å². The van der Waals surface area contributed by atoms with Crippen LogP contribution in [0.25, 0.3) is 0 Å². The SMILES string of the molecule is COCCOCCN1CCNC(CC(C)C)C1. The van der Waals surface area contributed by atoms with E-state index in [4.69, 9.17) is 9.47 Å². The lowest BCUT2D eigenvalue weighted by Gasteiger charge is -2.34. The first kappa shape index (κ1) is 14.9. The molecule has 0 aromatic carbocycles. The van der Waals surface area contributed by atoms with Gasteiger partial charge >= 0.3 is 0 Å². The highest BCUT2D eigenvalue weighted by molar-refractivity contribution is 4.79. The summed E-state index contributed by atoms with van der Waals surface area (Å²) in [6.07, 6.45) is 1.26. The van der Waals surface area contributed by atoms with Crippen LogP contribution in [0, 0.1) is 5.92 Å². The molecule has 1 aliphatic rings. The van der Waals surface area contributed by atoms with Crippen molar-refractivity contribution in [2.45, 2.75) is 26.3 Å². The van der Waals surface area contributed by atoms with E-state index in [9.17, 15) is 0 Å². The molecule has 0 aliphatic carbocycles. The molecule has 4 heteroatoms. The summed E-state index contributed by atoms with van der Waals surface area (Å²) < 4.78 is 10.5. The fraction of sp³-hybridized carbons (Fsp3) is 1.00. The molecule has 1 saturated heterocycles.